The van der Waals surface area contributed by atoms with Gasteiger partial charge in [-0.1, -0.05) is 18.2 Å². The van der Waals surface area contributed by atoms with Crippen LogP contribution in [0.15, 0.2) is 29.3 Å². The van der Waals surface area contributed by atoms with E-state index >= 15 is 0 Å². The van der Waals surface area contributed by atoms with Crippen molar-refractivity contribution in [3.8, 4) is 0 Å². The molecule has 1 aliphatic heterocycles. The summed E-state index contributed by atoms with van der Waals surface area (Å²) in [5.41, 5.74) is 0.661. The predicted octanol–water partition coefficient (Wildman–Crippen LogP) is 1.94. The molecular weight excluding hydrogens is 424 g/mol. The smallest absolute Gasteiger partial charge is 0.191 e. The zero-order valence-electron chi connectivity index (χ0n) is 14.1. The average molecular weight is 451 g/mol. The minimum absolute atomic E-state index is 0. The van der Waals surface area contributed by atoms with Gasteiger partial charge in [0, 0.05) is 38.8 Å². The van der Waals surface area contributed by atoms with E-state index < -0.39 is 0 Å². The number of hydrogen-bond acceptors (Lipinski definition) is 3. The molecule has 24 heavy (non-hydrogen) atoms. The fourth-order valence-corrected chi connectivity index (χ4v) is 2.82. The number of guanidine groups is 1. The van der Waals surface area contributed by atoms with E-state index in [9.17, 15) is 9.50 Å². The van der Waals surface area contributed by atoms with Crippen LogP contribution >= 0.6 is 24.0 Å². The van der Waals surface area contributed by atoms with Crippen LogP contribution in [0.25, 0.3) is 0 Å². The summed E-state index contributed by atoms with van der Waals surface area (Å²) < 4.78 is 19.1. The number of aliphatic imine (C=N–C) groups is 1. The van der Waals surface area contributed by atoms with Crippen molar-refractivity contribution in [3.05, 3.63) is 35.6 Å². The van der Waals surface area contributed by atoms with E-state index in [0.717, 1.165) is 13.0 Å². The Kier molecular flexibility index (Phi) is 9.53. The maximum absolute atomic E-state index is 13.6. The van der Waals surface area contributed by atoms with Gasteiger partial charge in [-0.2, -0.15) is 0 Å². The van der Waals surface area contributed by atoms with E-state index in [1.807, 2.05) is 6.07 Å². The molecule has 0 spiro atoms. The maximum Gasteiger partial charge on any atom is 0.191 e. The number of aliphatic hydroxyl groups excluding tert-OH is 1. The number of nitrogens with one attached hydrogen (secondary N) is 2. The zero-order valence-corrected chi connectivity index (χ0v) is 16.4. The predicted molar refractivity (Wildman–Crippen MR) is 104 cm³/mol. The second-order valence-corrected chi connectivity index (χ2v) is 5.97. The normalized spacial score (nSPS) is 20.5. The largest absolute Gasteiger partial charge is 0.396 e. The molecule has 1 aromatic carbocycles. The van der Waals surface area contributed by atoms with Crippen LogP contribution in [-0.2, 0) is 11.2 Å². The van der Waals surface area contributed by atoms with Gasteiger partial charge in [0.1, 0.15) is 5.82 Å². The number of nitrogens with zero attached hydrogens (tertiary/aromatic N) is 1. The van der Waals surface area contributed by atoms with E-state index in [1.165, 1.54) is 6.07 Å². The first kappa shape index (κ1) is 21.1. The summed E-state index contributed by atoms with van der Waals surface area (Å²) in [6, 6.07) is 6.79. The first-order chi connectivity index (χ1) is 11.2. The number of aliphatic hydroxyl groups is 1. The van der Waals surface area contributed by atoms with Crippen LogP contribution in [0.2, 0.25) is 0 Å². The van der Waals surface area contributed by atoms with E-state index in [1.54, 1.807) is 19.2 Å². The highest BCUT2D eigenvalue weighted by atomic mass is 127. The zero-order chi connectivity index (χ0) is 16.5. The third-order valence-corrected chi connectivity index (χ3v) is 4.33. The van der Waals surface area contributed by atoms with Crippen molar-refractivity contribution in [2.75, 3.05) is 40.0 Å². The molecule has 1 aliphatic rings. The van der Waals surface area contributed by atoms with Gasteiger partial charge in [0.05, 0.1) is 6.61 Å². The Bertz CT molecular complexity index is 522. The van der Waals surface area contributed by atoms with Crippen molar-refractivity contribution in [3.63, 3.8) is 0 Å². The molecule has 136 valence electrons. The van der Waals surface area contributed by atoms with Crippen LogP contribution in [0, 0.1) is 11.2 Å². The number of ether oxygens (including phenoxy) is 1. The van der Waals surface area contributed by atoms with Gasteiger partial charge in [-0.15, -0.1) is 24.0 Å². The Balaban J connectivity index is 0.00000288. The lowest BCUT2D eigenvalue weighted by Crippen LogP contribution is -2.45. The highest BCUT2D eigenvalue weighted by Crippen LogP contribution is 2.31. The van der Waals surface area contributed by atoms with Crippen LogP contribution in [0.1, 0.15) is 18.4 Å². The summed E-state index contributed by atoms with van der Waals surface area (Å²) in [6.07, 6.45) is 2.25. The highest BCUT2D eigenvalue weighted by Gasteiger charge is 2.34. The minimum atomic E-state index is -0.178. The molecule has 0 amide bonds. The summed E-state index contributed by atoms with van der Waals surface area (Å²) in [7, 11) is 1.71. The Labute approximate surface area is 160 Å². The van der Waals surface area contributed by atoms with Gasteiger partial charge in [0.2, 0.25) is 0 Å². The van der Waals surface area contributed by atoms with Crippen molar-refractivity contribution < 1.29 is 14.2 Å². The minimum Gasteiger partial charge on any atom is -0.396 e. The van der Waals surface area contributed by atoms with Crippen LogP contribution in [0.5, 0.6) is 0 Å². The molecule has 3 N–H and O–H groups in total. The molecule has 1 unspecified atom stereocenters. The molecule has 1 fully saturated rings. The van der Waals surface area contributed by atoms with Gasteiger partial charge < -0.3 is 20.5 Å². The number of benzene rings is 1. The molecule has 0 aliphatic carbocycles. The molecule has 1 atom stereocenters. The molecule has 0 radical (unpaired) electrons. The monoisotopic (exact) mass is 451 g/mol. The average Bonchev–Trinajstić information content (AvgIpc) is 3.01. The lowest BCUT2D eigenvalue weighted by atomic mass is 9.84. The van der Waals surface area contributed by atoms with E-state index in [2.05, 4.69) is 15.6 Å². The van der Waals surface area contributed by atoms with Gasteiger partial charge in [0.25, 0.3) is 0 Å². The molecule has 2 rings (SSSR count). The molecule has 0 bridgehead atoms. The molecule has 7 heteroatoms. The van der Waals surface area contributed by atoms with Crippen LogP contribution < -0.4 is 10.6 Å². The summed E-state index contributed by atoms with van der Waals surface area (Å²) in [6.45, 7) is 2.86. The van der Waals surface area contributed by atoms with E-state index in [4.69, 9.17) is 4.74 Å². The third-order valence-electron chi connectivity index (χ3n) is 4.33. The quantitative estimate of drug-likeness (QED) is 0.337. The summed E-state index contributed by atoms with van der Waals surface area (Å²) in [5, 5.41) is 15.7. The van der Waals surface area contributed by atoms with Gasteiger partial charge in [-0.25, -0.2) is 4.39 Å². The third kappa shape index (κ3) is 6.18. The topological polar surface area (TPSA) is 65.9 Å². The lowest BCUT2D eigenvalue weighted by Gasteiger charge is -2.27. The molecule has 1 heterocycles. The molecule has 1 aromatic rings. The highest BCUT2D eigenvalue weighted by molar-refractivity contribution is 14.0. The molecule has 1 saturated heterocycles. The summed E-state index contributed by atoms with van der Waals surface area (Å²) in [4.78, 5) is 4.19. The molecule has 0 saturated carbocycles. The summed E-state index contributed by atoms with van der Waals surface area (Å²) in [5.74, 6) is 0.507. The first-order valence-electron chi connectivity index (χ1n) is 8.06. The number of rotatable bonds is 7. The standard InChI is InChI=1S/C17H26FN3O2.HI/c1-19-16(20-9-6-14-4-2-3-5-15(14)18)21-12-17(7-10-22)8-11-23-13-17;/h2-5,22H,6-13H2,1H3,(H2,19,20,21);1H. The van der Waals surface area contributed by atoms with Gasteiger partial charge in [0.15, 0.2) is 5.96 Å². The van der Waals surface area contributed by atoms with Crippen molar-refractivity contribution in [1.29, 1.82) is 0 Å². The number of hydrogen-bond donors (Lipinski definition) is 3. The second kappa shape index (κ2) is 10.8. The fraction of sp³-hybridized carbons (Fsp3) is 0.588. The summed E-state index contributed by atoms with van der Waals surface area (Å²) >= 11 is 0. The molecule has 5 nitrogen and oxygen atoms in total. The Morgan fingerprint density at radius 3 is 2.79 bits per heavy atom. The number of halogens is 2. The van der Waals surface area contributed by atoms with Crippen LogP contribution in [0.3, 0.4) is 0 Å². The van der Waals surface area contributed by atoms with Crippen molar-refractivity contribution in [1.82, 2.24) is 10.6 Å². The first-order valence-corrected chi connectivity index (χ1v) is 8.06. The SMILES string of the molecule is CN=C(NCCc1ccccc1F)NCC1(CCO)CCOC1.I. The molecular formula is C17H27FIN3O2. The Morgan fingerprint density at radius 2 is 2.17 bits per heavy atom. The second-order valence-electron chi connectivity index (χ2n) is 5.97. The van der Waals surface area contributed by atoms with Crippen LogP contribution in [0.4, 0.5) is 4.39 Å². The van der Waals surface area contributed by atoms with Gasteiger partial charge in [-0.3, -0.25) is 4.99 Å². The van der Waals surface area contributed by atoms with Crippen LogP contribution in [-0.4, -0.2) is 51.0 Å². The van der Waals surface area contributed by atoms with Crippen molar-refractivity contribution >= 4 is 29.9 Å². The van der Waals surface area contributed by atoms with Crippen molar-refractivity contribution in [2.45, 2.75) is 19.3 Å². The Morgan fingerprint density at radius 1 is 1.38 bits per heavy atom. The van der Waals surface area contributed by atoms with Crippen molar-refractivity contribution in [2.24, 2.45) is 10.4 Å². The van der Waals surface area contributed by atoms with Gasteiger partial charge >= 0.3 is 0 Å². The van der Waals surface area contributed by atoms with E-state index in [0.29, 0.717) is 44.1 Å². The Hall–Kier alpha value is -0.930. The lowest BCUT2D eigenvalue weighted by molar-refractivity contribution is 0.127. The fourth-order valence-electron chi connectivity index (χ4n) is 2.82. The molecule has 0 aromatic heterocycles. The van der Waals surface area contributed by atoms with Gasteiger partial charge in [-0.05, 0) is 30.9 Å². The van der Waals surface area contributed by atoms with E-state index in [-0.39, 0.29) is 41.8 Å². The maximum atomic E-state index is 13.6.